The van der Waals surface area contributed by atoms with Crippen LogP contribution in [-0.2, 0) is 4.79 Å². The van der Waals surface area contributed by atoms with E-state index in [0.29, 0.717) is 22.4 Å². The van der Waals surface area contributed by atoms with Crippen molar-refractivity contribution in [3.05, 3.63) is 53.9 Å². The second-order valence-electron chi connectivity index (χ2n) is 4.58. The molecule has 4 heteroatoms. The standard InChI is InChI=1S/C16H12FNO2/c1-2-11-13-7-12(9-3-5-10(17)6-4-9)15(19)8-14(13)18-16(11)20/h2-8,19H,1H3,(H,18,20)/b11-2-. The maximum Gasteiger partial charge on any atom is 0.256 e. The largest absolute Gasteiger partial charge is 0.507 e. The van der Waals surface area contributed by atoms with Gasteiger partial charge in [0.15, 0.2) is 0 Å². The van der Waals surface area contributed by atoms with E-state index in [0.717, 1.165) is 5.56 Å². The van der Waals surface area contributed by atoms with Crippen LogP contribution in [-0.4, -0.2) is 11.0 Å². The van der Waals surface area contributed by atoms with Crippen LogP contribution in [0.5, 0.6) is 5.75 Å². The second-order valence-corrected chi connectivity index (χ2v) is 4.58. The van der Waals surface area contributed by atoms with Gasteiger partial charge in [0.1, 0.15) is 11.6 Å². The minimum atomic E-state index is -0.333. The third-order valence-electron chi connectivity index (χ3n) is 3.36. The fraction of sp³-hybridized carbons (Fsp3) is 0.0625. The number of phenols is 1. The molecule has 0 radical (unpaired) electrons. The van der Waals surface area contributed by atoms with Crippen molar-refractivity contribution < 1.29 is 14.3 Å². The van der Waals surface area contributed by atoms with Crippen molar-refractivity contribution in [1.29, 1.82) is 0 Å². The minimum Gasteiger partial charge on any atom is -0.507 e. The summed E-state index contributed by atoms with van der Waals surface area (Å²) in [6, 6.07) is 9.12. The molecule has 0 atom stereocenters. The summed E-state index contributed by atoms with van der Waals surface area (Å²) in [6.45, 7) is 1.79. The first-order valence-corrected chi connectivity index (χ1v) is 6.21. The van der Waals surface area contributed by atoms with Crippen molar-refractivity contribution in [3.8, 4) is 16.9 Å². The summed E-state index contributed by atoms with van der Waals surface area (Å²) in [7, 11) is 0. The van der Waals surface area contributed by atoms with Crippen LogP contribution in [0.4, 0.5) is 10.1 Å². The van der Waals surface area contributed by atoms with Crippen LogP contribution in [0.15, 0.2) is 42.5 Å². The van der Waals surface area contributed by atoms with Crippen LogP contribution >= 0.6 is 0 Å². The Morgan fingerprint density at radius 2 is 1.85 bits per heavy atom. The van der Waals surface area contributed by atoms with Crippen LogP contribution in [0, 0.1) is 5.82 Å². The number of halogens is 1. The number of rotatable bonds is 1. The molecule has 20 heavy (non-hydrogen) atoms. The Morgan fingerprint density at radius 3 is 2.50 bits per heavy atom. The molecule has 0 saturated heterocycles. The molecular formula is C16H12FNO2. The third kappa shape index (κ3) is 1.86. The lowest BCUT2D eigenvalue weighted by Crippen LogP contribution is -2.03. The first-order valence-electron chi connectivity index (χ1n) is 6.21. The smallest absolute Gasteiger partial charge is 0.256 e. The Morgan fingerprint density at radius 1 is 1.15 bits per heavy atom. The van der Waals surface area contributed by atoms with Crippen LogP contribution in [0.25, 0.3) is 16.7 Å². The predicted octanol–water partition coefficient (Wildman–Crippen LogP) is 3.55. The fourth-order valence-corrected chi connectivity index (χ4v) is 2.37. The quantitative estimate of drug-likeness (QED) is 0.778. The maximum absolute atomic E-state index is 13.0. The molecule has 3 nitrogen and oxygen atoms in total. The highest BCUT2D eigenvalue weighted by molar-refractivity contribution is 6.31. The van der Waals surface area contributed by atoms with Crippen LogP contribution < -0.4 is 5.32 Å². The molecule has 1 aliphatic heterocycles. The summed E-state index contributed by atoms with van der Waals surface area (Å²) in [5, 5.41) is 12.8. The predicted molar refractivity (Wildman–Crippen MR) is 75.8 cm³/mol. The topological polar surface area (TPSA) is 49.3 Å². The SMILES string of the molecule is C/C=C1\C(=O)Nc2cc(O)c(-c3ccc(F)cc3)cc21. The van der Waals surface area contributed by atoms with Gasteiger partial charge in [-0.05, 0) is 30.7 Å². The molecule has 100 valence electrons. The number of carbonyl (C=O) groups excluding carboxylic acids is 1. The molecule has 2 aromatic rings. The molecular weight excluding hydrogens is 257 g/mol. The van der Waals surface area contributed by atoms with Gasteiger partial charge in [-0.2, -0.15) is 0 Å². The van der Waals surface area contributed by atoms with Gasteiger partial charge in [-0.15, -0.1) is 0 Å². The molecule has 0 aliphatic carbocycles. The molecule has 0 spiro atoms. The molecule has 2 aromatic carbocycles. The van der Waals surface area contributed by atoms with Crippen molar-refractivity contribution in [2.24, 2.45) is 0 Å². The molecule has 1 aliphatic rings. The Kier molecular flexibility index (Phi) is 2.79. The zero-order valence-corrected chi connectivity index (χ0v) is 10.8. The molecule has 0 saturated carbocycles. The van der Waals surface area contributed by atoms with Crippen molar-refractivity contribution >= 4 is 17.2 Å². The zero-order valence-electron chi connectivity index (χ0n) is 10.8. The highest BCUT2D eigenvalue weighted by Gasteiger charge is 2.25. The number of anilines is 1. The van der Waals surface area contributed by atoms with E-state index in [1.807, 2.05) is 0 Å². The van der Waals surface area contributed by atoms with Crippen molar-refractivity contribution in [2.75, 3.05) is 5.32 Å². The van der Waals surface area contributed by atoms with Crippen molar-refractivity contribution in [2.45, 2.75) is 6.92 Å². The number of carbonyl (C=O) groups is 1. The van der Waals surface area contributed by atoms with Gasteiger partial charge in [0, 0.05) is 22.8 Å². The van der Waals surface area contributed by atoms with E-state index in [4.69, 9.17) is 0 Å². The summed E-state index contributed by atoms with van der Waals surface area (Å²) < 4.78 is 13.0. The number of nitrogens with one attached hydrogen (secondary N) is 1. The summed E-state index contributed by atoms with van der Waals surface area (Å²) in [6.07, 6.45) is 1.73. The lowest BCUT2D eigenvalue weighted by molar-refractivity contribution is -0.110. The summed E-state index contributed by atoms with van der Waals surface area (Å²) in [4.78, 5) is 11.8. The number of benzene rings is 2. The van der Waals surface area contributed by atoms with E-state index >= 15 is 0 Å². The Bertz CT molecular complexity index is 733. The molecule has 0 bridgehead atoms. The van der Waals surface area contributed by atoms with Crippen molar-refractivity contribution in [3.63, 3.8) is 0 Å². The first kappa shape index (κ1) is 12.4. The van der Waals surface area contributed by atoms with Gasteiger partial charge in [0.25, 0.3) is 5.91 Å². The molecule has 0 aromatic heterocycles. The number of fused-ring (bicyclic) bond motifs is 1. The lowest BCUT2D eigenvalue weighted by atomic mass is 9.98. The molecule has 0 fully saturated rings. The fourth-order valence-electron chi connectivity index (χ4n) is 2.37. The number of hydrogen-bond donors (Lipinski definition) is 2. The minimum absolute atomic E-state index is 0.0491. The van der Waals surface area contributed by atoms with Gasteiger partial charge in [-0.3, -0.25) is 4.79 Å². The Balaban J connectivity index is 2.18. The van der Waals surface area contributed by atoms with Gasteiger partial charge in [-0.1, -0.05) is 18.2 Å². The molecule has 1 amide bonds. The number of amides is 1. The summed E-state index contributed by atoms with van der Waals surface area (Å²) >= 11 is 0. The summed E-state index contributed by atoms with van der Waals surface area (Å²) in [5.74, 6) is -0.466. The van der Waals surface area contributed by atoms with E-state index in [1.54, 1.807) is 31.2 Å². The molecule has 0 unspecified atom stereocenters. The second kappa shape index (κ2) is 4.49. The lowest BCUT2D eigenvalue weighted by Gasteiger charge is -2.08. The van der Waals surface area contributed by atoms with Gasteiger partial charge in [-0.25, -0.2) is 4.39 Å². The number of allylic oxidation sites excluding steroid dienone is 1. The van der Waals surface area contributed by atoms with E-state index in [1.165, 1.54) is 18.2 Å². The average molecular weight is 269 g/mol. The van der Waals surface area contributed by atoms with Crippen molar-refractivity contribution in [1.82, 2.24) is 0 Å². The normalized spacial score (nSPS) is 15.3. The third-order valence-corrected chi connectivity index (χ3v) is 3.36. The molecule has 2 N–H and O–H groups in total. The highest BCUT2D eigenvalue weighted by Crippen LogP contribution is 2.40. The van der Waals surface area contributed by atoms with Crippen LogP contribution in [0.1, 0.15) is 12.5 Å². The number of aromatic hydroxyl groups is 1. The van der Waals surface area contributed by atoms with Crippen LogP contribution in [0.3, 0.4) is 0 Å². The van der Waals surface area contributed by atoms with Gasteiger partial charge in [0.2, 0.25) is 0 Å². The monoisotopic (exact) mass is 269 g/mol. The van der Waals surface area contributed by atoms with Gasteiger partial charge >= 0.3 is 0 Å². The zero-order chi connectivity index (χ0) is 14.3. The van der Waals surface area contributed by atoms with Crippen LogP contribution in [0.2, 0.25) is 0 Å². The van der Waals surface area contributed by atoms with Gasteiger partial charge < -0.3 is 10.4 Å². The Hall–Kier alpha value is -2.62. The maximum atomic E-state index is 13.0. The molecule has 3 rings (SSSR count). The van der Waals surface area contributed by atoms with E-state index in [-0.39, 0.29) is 17.5 Å². The summed E-state index contributed by atoms with van der Waals surface area (Å²) in [5.41, 5.74) is 3.17. The first-order chi connectivity index (χ1) is 9.60. The number of hydrogen-bond acceptors (Lipinski definition) is 2. The molecule has 1 heterocycles. The highest BCUT2D eigenvalue weighted by atomic mass is 19.1. The van der Waals surface area contributed by atoms with E-state index in [9.17, 15) is 14.3 Å². The average Bonchev–Trinajstić information content (AvgIpc) is 2.73. The Labute approximate surface area is 115 Å². The number of phenolic OH excluding ortho intramolecular Hbond substituents is 1. The van der Waals surface area contributed by atoms with E-state index < -0.39 is 0 Å². The van der Waals surface area contributed by atoms with Gasteiger partial charge in [0.05, 0.1) is 5.69 Å². The van der Waals surface area contributed by atoms with E-state index in [2.05, 4.69) is 5.32 Å².